The van der Waals surface area contributed by atoms with Crippen molar-refractivity contribution in [3.8, 4) is 0 Å². The van der Waals surface area contributed by atoms with Gasteiger partial charge in [0.05, 0.1) is 11.3 Å². The molecule has 68 valence electrons. The molecule has 4 nitrogen and oxygen atoms in total. The van der Waals surface area contributed by atoms with Crippen molar-refractivity contribution in [3.05, 3.63) is 0 Å². The van der Waals surface area contributed by atoms with Gasteiger partial charge >= 0.3 is 7.60 Å². The summed E-state index contributed by atoms with van der Waals surface area (Å²) in [7, 11) is -4.08. The summed E-state index contributed by atoms with van der Waals surface area (Å²) in [6, 6.07) is 0. The van der Waals surface area contributed by atoms with Gasteiger partial charge in [-0.3, -0.25) is 4.57 Å². The number of hydrogen-bond acceptors (Lipinski definition) is 2. The fourth-order valence-electron chi connectivity index (χ4n) is 0.842. The van der Waals surface area contributed by atoms with E-state index in [1.165, 1.54) is 20.8 Å². The molecule has 0 aliphatic heterocycles. The highest BCUT2D eigenvalue weighted by Gasteiger charge is 2.38. The number of hydrogen-bond donors (Lipinski definition) is 3. The molecule has 0 fully saturated rings. The number of rotatable bonds is 3. The van der Waals surface area contributed by atoms with Gasteiger partial charge in [-0.25, -0.2) is 0 Å². The Hall–Kier alpha value is 0.110. The maximum atomic E-state index is 10.8. The van der Waals surface area contributed by atoms with Gasteiger partial charge in [-0.05, 0) is 27.2 Å². The molecule has 1 atom stereocenters. The predicted molar refractivity (Wildman–Crippen MR) is 42.4 cm³/mol. The maximum absolute atomic E-state index is 10.8. The Labute approximate surface area is 66.4 Å². The molecule has 0 saturated carbocycles. The highest BCUT2D eigenvalue weighted by atomic mass is 31.2. The summed E-state index contributed by atoms with van der Waals surface area (Å²) in [6.07, 6.45) is -0.574. The normalized spacial score (nSPS) is 16.5. The van der Waals surface area contributed by atoms with Gasteiger partial charge in [0.15, 0.2) is 0 Å². The summed E-state index contributed by atoms with van der Waals surface area (Å²) in [5.74, 6) is 0. The van der Waals surface area contributed by atoms with Crippen LogP contribution in [0.5, 0.6) is 0 Å². The SMILES string of the molecule is CC(O)CC(C)(C)P(=O)(O)O. The Bertz CT molecular complexity index is 169. The Morgan fingerprint density at radius 2 is 1.82 bits per heavy atom. The van der Waals surface area contributed by atoms with Crippen LogP contribution in [0.4, 0.5) is 0 Å². The molecule has 0 aromatic rings. The van der Waals surface area contributed by atoms with Crippen LogP contribution in [0.2, 0.25) is 0 Å². The second-order valence-corrected chi connectivity index (χ2v) is 5.71. The molecule has 5 heteroatoms. The molecule has 0 aliphatic rings. The molecule has 0 spiro atoms. The zero-order valence-corrected chi connectivity index (χ0v) is 7.88. The lowest BCUT2D eigenvalue weighted by atomic mass is 10.1. The quantitative estimate of drug-likeness (QED) is 0.562. The maximum Gasteiger partial charge on any atom is 0.331 e. The van der Waals surface area contributed by atoms with Gasteiger partial charge in [0, 0.05) is 0 Å². The van der Waals surface area contributed by atoms with Crippen LogP contribution in [0.1, 0.15) is 27.2 Å². The van der Waals surface area contributed by atoms with Crippen LogP contribution in [-0.4, -0.2) is 26.2 Å². The van der Waals surface area contributed by atoms with Gasteiger partial charge < -0.3 is 14.9 Å². The molecule has 11 heavy (non-hydrogen) atoms. The zero-order chi connectivity index (χ0) is 9.28. The van der Waals surface area contributed by atoms with E-state index in [1.807, 2.05) is 0 Å². The molecule has 0 aliphatic carbocycles. The summed E-state index contributed by atoms with van der Waals surface area (Å²) in [5.41, 5.74) is 0. The largest absolute Gasteiger partial charge is 0.393 e. The van der Waals surface area contributed by atoms with Gasteiger partial charge in [-0.15, -0.1) is 0 Å². The third kappa shape index (κ3) is 3.34. The molecular formula is C6H15O4P. The molecule has 0 aromatic heterocycles. The first-order chi connectivity index (χ1) is 4.67. The predicted octanol–water partition coefficient (Wildman–Crippen LogP) is 0.714. The van der Waals surface area contributed by atoms with Crippen LogP contribution in [-0.2, 0) is 4.57 Å². The van der Waals surface area contributed by atoms with Crippen LogP contribution < -0.4 is 0 Å². The van der Waals surface area contributed by atoms with Crippen molar-refractivity contribution in [1.82, 2.24) is 0 Å². The van der Waals surface area contributed by atoms with E-state index in [-0.39, 0.29) is 6.42 Å². The smallest absolute Gasteiger partial charge is 0.331 e. The van der Waals surface area contributed by atoms with Gasteiger partial charge in [0.1, 0.15) is 0 Å². The lowest BCUT2D eigenvalue weighted by Crippen LogP contribution is -2.25. The van der Waals surface area contributed by atoms with Gasteiger partial charge in [-0.2, -0.15) is 0 Å². The molecule has 0 amide bonds. The van der Waals surface area contributed by atoms with Crippen LogP contribution in [0.3, 0.4) is 0 Å². The van der Waals surface area contributed by atoms with Gasteiger partial charge in [-0.1, -0.05) is 0 Å². The second-order valence-electron chi connectivity index (χ2n) is 3.41. The minimum atomic E-state index is -4.08. The van der Waals surface area contributed by atoms with Crippen molar-refractivity contribution < 1.29 is 19.5 Å². The summed E-state index contributed by atoms with van der Waals surface area (Å²) >= 11 is 0. The third-order valence-corrected chi connectivity index (χ3v) is 3.34. The van der Waals surface area contributed by atoms with E-state index in [2.05, 4.69) is 0 Å². The minimum Gasteiger partial charge on any atom is -0.393 e. The lowest BCUT2D eigenvalue weighted by Gasteiger charge is -2.26. The topological polar surface area (TPSA) is 77.8 Å². The van der Waals surface area contributed by atoms with Gasteiger partial charge in [0.2, 0.25) is 0 Å². The van der Waals surface area contributed by atoms with Crippen LogP contribution in [0, 0.1) is 0 Å². The van der Waals surface area contributed by atoms with Crippen molar-refractivity contribution in [3.63, 3.8) is 0 Å². The fraction of sp³-hybridized carbons (Fsp3) is 1.00. The molecule has 0 heterocycles. The third-order valence-electron chi connectivity index (χ3n) is 1.58. The average Bonchev–Trinajstić information content (AvgIpc) is 1.56. The van der Waals surface area contributed by atoms with Gasteiger partial charge in [0.25, 0.3) is 0 Å². The highest BCUT2D eigenvalue weighted by molar-refractivity contribution is 7.53. The first kappa shape index (κ1) is 11.1. The van der Waals surface area contributed by atoms with Crippen molar-refractivity contribution in [2.24, 2.45) is 0 Å². The van der Waals surface area contributed by atoms with E-state index in [0.717, 1.165) is 0 Å². The Morgan fingerprint density at radius 1 is 1.45 bits per heavy atom. The highest BCUT2D eigenvalue weighted by Crippen LogP contribution is 2.52. The molecular weight excluding hydrogens is 167 g/mol. The van der Waals surface area contributed by atoms with Crippen molar-refractivity contribution in [2.75, 3.05) is 0 Å². The number of aliphatic hydroxyl groups is 1. The first-order valence-corrected chi connectivity index (χ1v) is 5.02. The Balaban J connectivity index is 4.35. The standard InChI is InChI=1S/C6H15O4P/c1-5(7)4-6(2,3)11(8,9)10/h5,7H,4H2,1-3H3,(H2,8,9,10). The molecule has 0 saturated heterocycles. The molecule has 0 aromatic carbocycles. The first-order valence-electron chi connectivity index (χ1n) is 3.40. The Kier molecular flexibility index (Phi) is 3.27. The minimum absolute atomic E-state index is 0.108. The van der Waals surface area contributed by atoms with E-state index in [1.54, 1.807) is 0 Å². The number of aliphatic hydroxyl groups excluding tert-OH is 1. The van der Waals surface area contributed by atoms with Crippen LogP contribution in [0.15, 0.2) is 0 Å². The lowest BCUT2D eigenvalue weighted by molar-refractivity contribution is 0.164. The van der Waals surface area contributed by atoms with Crippen molar-refractivity contribution in [1.29, 1.82) is 0 Å². The van der Waals surface area contributed by atoms with E-state index >= 15 is 0 Å². The zero-order valence-electron chi connectivity index (χ0n) is 6.98. The second kappa shape index (κ2) is 3.23. The summed E-state index contributed by atoms with van der Waals surface area (Å²) in [4.78, 5) is 17.6. The van der Waals surface area contributed by atoms with Crippen molar-refractivity contribution >= 4 is 7.60 Å². The Morgan fingerprint density at radius 3 is 1.91 bits per heavy atom. The van der Waals surface area contributed by atoms with Crippen LogP contribution in [0.25, 0.3) is 0 Å². The summed E-state index contributed by atoms with van der Waals surface area (Å²) < 4.78 is 10.8. The monoisotopic (exact) mass is 182 g/mol. The van der Waals surface area contributed by atoms with Crippen molar-refractivity contribution in [2.45, 2.75) is 38.5 Å². The van der Waals surface area contributed by atoms with E-state index < -0.39 is 18.9 Å². The van der Waals surface area contributed by atoms with E-state index in [4.69, 9.17) is 14.9 Å². The molecule has 3 N–H and O–H groups in total. The van der Waals surface area contributed by atoms with Crippen LogP contribution >= 0.6 is 7.60 Å². The molecule has 0 rings (SSSR count). The molecule has 0 radical (unpaired) electrons. The molecule has 1 unspecified atom stereocenters. The average molecular weight is 182 g/mol. The molecule has 0 bridgehead atoms. The van der Waals surface area contributed by atoms with E-state index in [9.17, 15) is 4.57 Å². The summed E-state index contributed by atoms with van der Waals surface area (Å²) in [6.45, 7) is 4.40. The van der Waals surface area contributed by atoms with E-state index in [0.29, 0.717) is 0 Å². The summed E-state index contributed by atoms with van der Waals surface area (Å²) in [5, 5.41) is 7.78. The fourth-order valence-corrected chi connectivity index (χ4v) is 1.34.